The third-order valence-corrected chi connectivity index (χ3v) is 3.63. The van der Waals surface area contributed by atoms with Crippen molar-refractivity contribution in [3.05, 3.63) is 30.1 Å². The number of nitrogens with one attached hydrogen (secondary N) is 1. The quantitative estimate of drug-likeness (QED) is 0.820. The molecule has 0 amide bonds. The van der Waals surface area contributed by atoms with Crippen LogP contribution in [-0.2, 0) is 0 Å². The molecule has 1 saturated carbocycles. The van der Waals surface area contributed by atoms with Gasteiger partial charge in [-0.25, -0.2) is 0 Å². The van der Waals surface area contributed by atoms with E-state index in [9.17, 15) is 0 Å². The van der Waals surface area contributed by atoms with Crippen LogP contribution in [0.25, 0.3) is 0 Å². The second kappa shape index (κ2) is 5.44. The first-order valence-electron chi connectivity index (χ1n) is 6.41. The number of hydrogen-bond donors (Lipinski definition) is 1. The minimum absolute atomic E-state index is 0.406. The molecule has 1 heterocycles. The standard InChI is InChI=1S/C14H22N2/c1-11(9-13-5-3-6-13)16-12(2)14-7-4-8-15-10-14/h4,7-8,10-13,16H,3,5-6,9H2,1-2H3/t11?,12-/m1/s1. The fourth-order valence-electron chi connectivity index (χ4n) is 2.45. The summed E-state index contributed by atoms with van der Waals surface area (Å²) in [6.45, 7) is 4.51. The largest absolute Gasteiger partial charge is 0.308 e. The van der Waals surface area contributed by atoms with Crippen LogP contribution in [0, 0.1) is 5.92 Å². The molecule has 16 heavy (non-hydrogen) atoms. The molecule has 2 rings (SSSR count). The van der Waals surface area contributed by atoms with Crippen LogP contribution < -0.4 is 5.32 Å². The summed E-state index contributed by atoms with van der Waals surface area (Å²) in [5.41, 5.74) is 1.28. The minimum Gasteiger partial charge on any atom is -0.308 e. The summed E-state index contributed by atoms with van der Waals surface area (Å²) in [5.74, 6) is 0.976. The molecule has 1 aromatic rings. The lowest BCUT2D eigenvalue weighted by molar-refractivity contribution is 0.259. The van der Waals surface area contributed by atoms with E-state index in [0.29, 0.717) is 12.1 Å². The lowest BCUT2D eigenvalue weighted by Crippen LogP contribution is -2.32. The van der Waals surface area contributed by atoms with Crippen molar-refractivity contribution >= 4 is 0 Å². The van der Waals surface area contributed by atoms with E-state index in [2.05, 4.69) is 30.2 Å². The summed E-state index contributed by atoms with van der Waals surface area (Å²) in [6.07, 6.45) is 9.42. The third-order valence-electron chi connectivity index (χ3n) is 3.63. The smallest absolute Gasteiger partial charge is 0.0315 e. The van der Waals surface area contributed by atoms with Crippen LogP contribution >= 0.6 is 0 Å². The number of pyridine rings is 1. The van der Waals surface area contributed by atoms with Gasteiger partial charge < -0.3 is 5.32 Å². The molecule has 2 nitrogen and oxygen atoms in total. The lowest BCUT2D eigenvalue weighted by Gasteiger charge is -2.30. The Bertz CT molecular complexity index is 306. The summed E-state index contributed by atoms with van der Waals surface area (Å²) >= 11 is 0. The van der Waals surface area contributed by atoms with Gasteiger partial charge in [0.1, 0.15) is 0 Å². The molecule has 1 aliphatic carbocycles. The number of rotatable bonds is 5. The van der Waals surface area contributed by atoms with Gasteiger partial charge in [0, 0.05) is 24.5 Å². The van der Waals surface area contributed by atoms with Crippen molar-refractivity contribution in [3.63, 3.8) is 0 Å². The Morgan fingerprint density at radius 1 is 1.44 bits per heavy atom. The fraction of sp³-hybridized carbons (Fsp3) is 0.643. The molecular weight excluding hydrogens is 196 g/mol. The van der Waals surface area contributed by atoms with E-state index in [-0.39, 0.29) is 0 Å². The predicted molar refractivity (Wildman–Crippen MR) is 67.2 cm³/mol. The second-order valence-electron chi connectivity index (χ2n) is 5.11. The van der Waals surface area contributed by atoms with Crippen LogP contribution in [0.15, 0.2) is 24.5 Å². The van der Waals surface area contributed by atoms with Gasteiger partial charge in [-0.2, -0.15) is 0 Å². The highest BCUT2D eigenvalue weighted by Gasteiger charge is 2.20. The van der Waals surface area contributed by atoms with Gasteiger partial charge in [0.15, 0.2) is 0 Å². The monoisotopic (exact) mass is 218 g/mol. The van der Waals surface area contributed by atoms with Gasteiger partial charge in [-0.05, 0) is 37.8 Å². The lowest BCUT2D eigenvalue weighted by atomic mass is 9.81. The molecule has 2 heteroatoms. The maximum absolute atomic E-state index is 4.16. The molecule has 0 radical (unpaired) electrons. The van der Waals surface area contributed by atoms with Gasteiger partial charge in [-0.3, -0.25) is 4.98 Å². The summed E-state index contributed by atoms with van der Waals surface area (Å²) in [5, 5.41) is 3.66. The van der Waals surface area contributed by atoms with Crippen molar-refractivity contribution in [1.29, 1.82) is 0 Å². The summed E-state index contributed by atoms with van der Waals surface area (Å²) < 4.78 is 0. The van der Waals surface area contributed by atoms with Crippen LogP contribution in [-0.4, -0.2) is 11.0 Å². The summed E-state index contributed by atoms with van der Waals surface area (Å²) in [4.78, 5) is 4.16. The van der Waals surface area contributed by atoms with E-state index in [0.717, 1.165) is 5.92 Å². The maximum atomic E-state index is 4.16. The first kappa shape index (κ1) is 11.6. The Morgan fingerprint density at radius 3 is 2.81 bits per heavy atom. The SMILES string of the molecule is CC(CC1CCC1)N[C@H](C)c1cccnc1. The molecule has 0 saturated heterocycles. The van der Waals surface area contributed by atoms with Crippen LogP contribution in [0.1, 0.15) is 51.1 Å². The van der Waals surface area contributed by atoms with Crippen molar-refractivity contribution in [3.8, 4) is 0 Å². The molecular formula is C14H22N2. The molecule has 1 unspecified atom stereocenters. The van der Waals surface area contributed by atoms with E-state index in [1.165, 1.54) is 31.2 Å². The maximum Gasteiger partial charge on any atom is 0.0315 e. The topological polar surface area (TPSA) is 24.9 Å². The zero-order valence-corrected chi connectivity index (χ0v) is 10.3. The van der Waals surface area contributed by atoms with E-state index >= 15 is 0 Å². The van der Waals surface area contributed by atoms with Crippen molar-refractivity contribution in [2.24, 2.45) is 5.92 Å². The zero-order chi connectivity index (χ0) is 11.4. The third kappa shape index (κ3) is 3.05. The Hall–Kier alpha value is -0.890. The van der Waals surface area contributed by atoms with Gasteiger partial charge in [0.2, 0.25) is 0 Å². The minimum atomic E-state index is 0.406. The molecule has 1 fully saturated rings. The highest BCUT2D eigenvalue weighted by atomic mass is 14.9. The van der Waals surface area contributed by atoms with Crippen molar-refractivity contribution < 1.29 is 0 Å². The highest BCUT2D eigenvalue weighted by Crippen LogP contribution is 2.30. The molecule has 1 aliphatic rings. The van der Waals surface area contributed by atoms with Gasteiger partial charge in [-0.15, -0.1) is 0 Å². The highest BCUT2D eigenvalue weighted by molar-refractivity contribution is 5.12. The Balaban J connectivity index is 1.79. The Labute approximate surface area is 98.5 Å². The van der Waals surface area contributed by atoms with Crippen LogP contribution in [0.2, 0.25) is 0 Å². The average molecular weight is 218 g/mol. The second-order valence-corrected chi connectivity index (χ2v) is 5.11. The fourth-order valence-corrected chi connectivity index (χ4v) is 2.45. The molecule has 88 valence electrons. The molecule has 0 spiro atoms. The van der Waals surface area contributed by atoms with Crippen LogP contribution in [0.5, 0.6) is 0 Å². The molecule has 0 aliphatic heterocycles. The van der Waals surface area contributed by atoms with E-state index in [1.807, 2.05) is 18.5 Å². The predicted octanol–water partition coefficient (Wildman–Crippen LogP) is 3.31. The van der Waals surface area contributed by atoms with E-state index < -0.39 is 0 Å². The summed E-state index contributed by atoms with van der Waals surface area (Å²) in [7, 11) is 0. The number of aromatic nitrogens is 1. The zero-order valence-electron chi connectivity index (χ0n) is 10.3. The first-order chi connectivity index (χ1) is 7.75. The molecule has 1 aromatic heterocycles. The normalized spacial score (nSPS) is 20.1. The van der Waals surface area contributed by atoms with Gasteiger partial charge in [-0.1, -0.05) is 25.3 Å². The van der Waals surface area contributed by atoms with Crippen LogP contribution in [0.4, 0.5) is 0 Å². The first-order valence-corrected chi connectivity index (χ1v) is 6.41. The molecule has 0 bridgehead atoms. The van der Waals surface area contributed by atoms with Crippen molar-refractivity contribution in [1.82, 2.24) is 10.3 Å². The Morgan fingerprint density at radius 2 is 2.25 bits per heavy atom. The van der Waals surface area contributed by atoms with E-state index in [1.54, 1.807) is 0 Å². The van der Waals surface area contributed by atoms with Crippen LogP contribution in [0.3, 0.4) is 0 Å². The van der Waals surface area contributed by atoms with Crippen molar-refractivity contribution in [2.75, 3.05) is 0 Å². The van der Waals surface area contributed by atoms with E-state index in [4.69, 9.17) is 0 Å². The molecule has 0 aromatic carbocycles. The summed E-state index contributed by atoms with van der Waals surface area (Å²) in [6, 6.07) is 5.16. The number of nitrogens with zero attached hydrogens (tertiary/aromatic N) is 1. The Kier molecular flexibility index (Phi) is 3.94. The van der Waals surface area contributed by atoms with Gasteiger partial charge >= 0.3 is 0 Å². The van der Waals surface area contributed by atoms with Crippen molar-refractivity contribution in [2.45, 2.75) is 51.6 Å². The average Bonchev–Trinajstić information content (AvgIpc) is 2.25. The van der Waals surface area contributed by atoms with Gasteiger partial charge in [0.05, 0.1) is 0 Å². The molecule has 2 atom stereocenters. The van der Waals surface area contributed by atoms with Gasteiger partial charge in [0.25, 0.3) is 0 Å². The molecule has 1 N–H and O–H groups in total. The number of hydrogen-bond acceptors (Lipinski definition) is 2.